The summed E-state index contributed by atoms with van der Waals surface area (Å²) in [5.74, 6) is 0. The average Bonchev–Trinajstić information content (AvgIpc) is 2.09. The van der Waals surface area contributed by atoms with Crippen LogP contribution >= 0.6 is 0 Å². The van der Waals surface area contributed by atoms with Gasteiger partial charge in [0.1, 0.15) is 6.23 Å². The Morgan fingerprint density at radius 2 is 1.54 bits per heavy atom. The van der Waals surface area contributed by atoms with Gasteiger partial charge in [0.05, 0.1) is 0 Å². The van der Waals surface area contributed by atoms with Crippen LogP contribution in [0.2, 0.25) is 0 Å². The highest BCUT2D eigenvalue weighted by Gasteiger charge is 1.93. The van der Waals surface area contributed by atoms with Crippen molar-refractivity contribution in [2.24, 2.45) is 0 Å². The third-order valence-corrected chi connectivity index (χ3v) is 2.22. The molecule has 80 valence electrons. The molecule has 0 aromatic carbocycles. The number of unbranched alkanes of at least 4 members (excludes halogenated alkanes) is 6. The van der Waals surface area contributed by atoms with Crippen LogP contribution in [0, 0.1) is 0 Å². The summed E-state index contributed by atoms with van der Waals surface area (Å²) in [4.78, 5) is 0. The lowest BCUT2D eigenvalue weighted by atomic mass is 10.1. The van der Waals surface area contributed by atoms with Gasteiger partial charge in [0.15, 0.2) is 0 Å². The van der Waals surface area contributed by atoms with E-state index in [1.165, 1.54) is 44.9 Å². The fourth-order valence-electron chi connectivity index (χ4n) is 1.39. The van der Waals surface area contributed by atoms with E-state index >= 15 is 0 Å². The molecule has 0 aromatic heterocycles. The molecular formula is C11H25NO. The second kappa shape index (κ2) is 10.0. The Morgan fingerprint density at radius 1 is 1.00 bits per heavy atom. The molecule has 0 spiro atoms. The van der Waals surface area contributed by atoms with E-state index in [0.29, 0.717) is 0 Å². The van der Waals surface area contributed by atoms with Crippen molar-refractivity contribution in [3.8, 4) is 0 Å². The van der Waals surface area contributed by atoms with E-state index in [1.807, 2.05) is 0 Å². The van der Waals surface area contributed by atoms with Gasteiger partial charge in [0, 0.05) is 0 Å². The largest absolute Gasteiger partial charge is 0.379 e. The zero-order chi connectivity index (χ0) is 9.94. The molecule has 0 aromatic rings. The predicted octanol–water partition coefficient (Wildman–Crippen LogP) is 2.66. The molecule has 13 heavy (non-hydrogen) atoms. The third-order valence-electron chi connectivity index (χ3n) is 2.22. The SMILES string of the molecule is CCCCCCCCCNC(C)O. The fourth-order valence-corrected chi connectivity index (χ4v) is 1.39. The summed E-state index contributed by atoms with van der Waals surface area (Å²) < 4.78 is 0. The molecule has 2 nitrogen and oxygen atoms in total. The summed E-state index contributed by atoms with van der Waals surface area (Å²) in [6.45, 7) is 4.96. The van der Waals surface area contributed by atoms with E-state index in [-0.39, 0.29) is 6.23 Å². The summed E-state index contributed by atoms with van der Waals surface area (Å²) in [7, 11) is 0. The number of hydrogen-bond acceptors (Lipinski definition) is 2. The molecular weight excluding hydrogens is 162 g/mol. The molecule has 0 aliphatic rings. The number of aliphatic hydroxyl groups is 1. The minimum Gasteiger partial charge on any atom is -0.379 e. The van der Waals surface area contributed by atoms with Gasteiger partial charge in [-0.25, -0.2) is 0 Å². The monoisotopic (exact) mass is 187 g/mol. The van der Waals surface area contributed by atoms with Gasteiger partial charge >= 0.3 is 0 Å². The molecule has 2 N–H and O–H groups in total. The smallest absolute Gasteiger partial charge is 0.102 e. The number of aliphatic hydroxyl groups excluding tert-OH is 1. The highest BCUT2D eigenvalue weighted by molar-refractivity contribution is 4.49. The third kappa shape index (κ3) is 11.9. The van der Waals surface area contributed by atoms with Gasteiger partial charge in [-0.2, -0.15) is 0 Å². The van der Waals surface area contributed by atoms with Crippen molar-refractivity contribution in [3.63, 3.8) is 0 Å². The zero-order valence-electron chi connectivity index (χ0n) is 9.18. The fraction of sp³-hybridized carbons (Fsp3) is 1.00. The molecule has 0 heterocycles. The normalized spacial score (nSPS) is 13.2. The molecule has 1 atom stereocenters. The maximum absolute atomic E-state index is 8.91. The molecule has 0 bridgehead atoms. The molecule has 0 aliphatic carbocycles. The lowest BCUT2D eigenvalue weighted by Gasteiger charge is -2.06. The molecule has 0 radical (unpaired) electrons. The number of rotatable bonds is 9. The van der Waals surface area contributed by atoms with Gasteiger partial charge < -0.3 is 5.11 Å². The highest BCUT2D eigenvalue weighted by atomic mass is 16.3. The van der Waals surface area contributed by atoms with Gasteiger partial charge in [0.25, 0.3) is 0 Å². The highest BCUT2D eigenvalue weighted by Crippen LogP contribution is 2.06. The summed E-state index contributed by atoms with van der Waals surface area (Å²) >= 11 is 0. The van der Waals surface area contributed by atoms with E-state index in [1.54, 1.807) is 6.92 Å². The molecule has 0 rings (SSSR count). The molecule has 0 saturated heterocycles. The lowest BCUT2D eigenvalue weighted by molar-refractivity contribution is 0.156. The van der Waals surface area contributed by atoms with Crippen molar-refractivity contribution >= 4 is 0 Å². The van der Waals surface area contributed by atoms with Crippen LogP contribution < -0.4 is 5.32 Å². The molecule has 0 saturated carbocycles. The number of hydrogen-bond donors (Lipinski definition) is 2. The van der Waals surface area contributed by atoms with Gasteiger partial charge in [-0.1, -0.05) is 45.4 Å². The average molecular weight is 187 g/mol. The Hall–Kier alpha value is -0.0800. The second-order valence-corrected chi connectivity index (χ2v) is 3.75. The Kier molecular flexibility index (Phi) is 9.94. The van der Waals surface area contributed by atoms with Crippen molar-refractivity contribution in [1.82, 2.24) is 5.32 Å². The van der Waals surface area contributed by atoms with Crippen molar-refractivity contribution in [2.45, 2.75) is 65.0 Å². The van der Waals surface area contributed by atoms with Crippen molar-refractivity contribution in [2.75, 3.05) is 6.54 Å². The predicted molar refractivity (Wildman–Crippen MR) is 57.7 cm³/mol. The maximum atomic E-state index is 8.91. The molecule has 0 fully saturated rings. The molecule has 2 heteroatoms. The van der Waals surface area contributed by atoms with Crippen LogP contribution in [0.25, 0.3) is 0 Å². The lowest BCUT2D eigenvalue weighted by Crippen LogP contribution is -2.26. The van der Waals surface area contributed by atoms with Crippen LogP contribution in [0.1, 0.15) is 58.8 Å². The first-order valence-corrected chi connectivity index (χ1v) is 5.68. The summed E-state index contributed by atoms with van der Waals surface area (Å²) in [5, 5.41) is 11.9. The minimum absolute atomic E-state index is 0.347. The van der Waals surface area contributed by atoms with Crippen molar-refractivity contribution in [1.29, 1.82) is 0 Å². The maximum Gasteiger partial charge on any atom is 0.102 e. The van der Waals surface area contributed by atoms with Crippen LogP contribution in [0.4, 0.5) is 0 Å². The first-order chi connectivity index (χ1) is 6.27. The topological polar surface area (TPSA) is 32.3 Å². The Bertz CT molecular complexity index is 94.1. The summed E-state index contributed by atoms with van der Waals surface area (Å²) in [5.41, 5.74) is 0. The quantitative estimate of drug-likeness (QED) is 0.429. The Labute approximate surface area is 82.7 Å². The molecule has 1 unspecified atom stereocenters. The van der Waals surface area contributed by atoms with Crippen LogP contribution in [0.15, 0.2) is 0 Å². The van der Waals surface area contributed by atoms with Crippen molar-refractivity contribution in [3.05, 3.63) is 0 Å². The van der Waals surface area contributed by atoms with Crippen LogP contribution in [0.5, 0.6) is 0 Å². The first kappa shape index (κ1) is 12.9. The van der Waals surface area contributed by atoms with E-state index in [2.05, 4.69) is 12.2 Å². The Balaban J connectivity index is 2.84. The van der Waals surface area contributed by atoms with E-state index in [4.69, 9.17) is 5.11 Å². The Morgan fingerprint density at radius 3 is 2.08 bits per heavy atom. The number of nitrogens with one attached hydrogen (secondary N) is 1. The van der Waals surface area contributed by atoms with E-state index in [9.17, 15) is 0 Å². The van der Waals surface area contributed by atoms with Crippen molar-refractivity contribution < 1.29 is 5.11 Å². The minimum atomic E-state index is -0.347. The van der Waals surface area contributed by atoms with E-state index < -0.39 is 0 Å². The first-order valence-electron chi connectivity index (χ1n) is 5.68. The van der Waals surface area contributed by atoms with E-state index in [0.717, 1.165) is 6.54 Å². The summed E-state index contributed by atoms with van der Waals surface area (Å²) in [6.07, 6.45) is 8.96. The standard InChI is InChI=1S/C11H25NO/c1-3-4-5-6-7-8-9-10-12-11(2)13/h11-13H,3-10H2,1-2H3. The van der Waals surface area contributed by atoms with Crippen LogP contribution in [-0.4, -0.2) is 17.9 Å². The van der Waals surface area contributed by atoms with Crippen LogP contribution in [0.3, 0.4) is 0 Å². The zero-order valence-corrected chi connectivity index (χ0v) is 9.18. The van der Waals surface area contributed by atoms with Gasteiger partial charge in [0.2, 0.25) is 0 Å². The van der Waals surface area contributed by atoms with Crippen LogP contribution in [-0.2, 0) is 0 Å². The second-order valence-electron chi connectivity index (χ2n) is 3.75. The molecule has 0 amide bonds. The summed E-state index contributed by atoms with van der Waals surface area (Å²) in [6, 6.07) is 0. The van der Waals surface area contributed by atoms with Gasteiger partial charge in [-0.15, -0.1) is 0 Å². The van der Waals surface area contributed by atoms with Gasteiger partial charge in [-0.05, 0) is 19.9 Å². The van der Waals surface area contributed by atoms with Gasteiger partial charge in [-0.3, -0.25) is 5.32 Å². The molecule has 0 aliphatic heterocycles.